The summed E-state index contributed by atoms with van der Waals surface area (Å²) in [6.45, 7) is 0. The Labute approximate surface area is 70.1 Å². The average molecular weight is 175 g/mol. The maximum atomic E-state index is 11.0. The minimum atomic E-state index is -1.59. The van der Waals surface area contributed by atoms with E-state index in [1.165, 1.54) is 7.11 Å². The van der Waals surface area contributed by atoms with Crippen LogP contribution in [0.25, 0.3) is 0 Å². The number of carbonyl (C=O) groups excluding carboxylic acids is 1. The third-order valence-electron chi connectivity index (χ3n) is 2.18. The predicted molar refractivity (Wildman–Crippen MR) is 40.2 cm³/mol. The van der Waals surface area contributed by atoms with Gasteiger partial charge in [-0.05, 0) is 0 Å². The van der Waals surface area contributed by atoms with Gasteiger partial charge in [-0.15, -0.1) is 0 Å². The molecular weight excluding hydrogens is 162 g/mol. The number of aliphatic hydroxyl groups is 2. The highest BCUT2D eigenvalue weighted by molar-refractivity contribution is 5.79. The van der Waals surface area contributed by atoms with Crippen molar-refractivity contribution in [3.8, 4) is 0 Å². The quantitative estimate of drug-likeness (QED) is 0.416. The topological polar surface area (TPSA) is 92.8 Å². The third-order valence-corrected chi connectivity index (χ3v) is 2.18. The Morgan fingerprint density at radius 2 is 2.25 bits per heavy atom. The van der Waals surface area contributed by atoms with Crippen molar-refractivity contribution in [2.75, 3.05) is 7.11 Å². The maximum Gasteiger partial charge on any atom is 0.338 e. The van der Waals surface area contributed by atoms with Gasteiger partial charge in [-0.25, -0.2) is 4.79 Å². The van der Waals surface area contributed by atoms with Crippen molar-refractivity contribution in [2.45, 2.75) is 30.6 Å². The van der Waals surface area contributed by atoms with Crippen molar-refractivity contribution in [3.63, 3.8) is 0 Å². The summed E-state index contributed by atoms with van der Waals surface area (Å²) in [7, 11) is 1.19. The molecule has 0 heterocycles. The van der Waals surface area contributed by atoms with Crippen molar-refractivity contribution < 1.29 is 19.7 Å². The van der Waals surface area contributed by atoms with Gasteiger partial charge in [0, 0.05) is 18.9 Å². The van der Waals surface area contributed by atoms with Crippen LogP contribution in [-0.4, -0.2) is 41.0 Å². The van der Waals surface area contributed by atoms with Crippen LogP contribution >= 0.6 is 0 Å². The lowest BCUT2D eigenvalue weighted by atomic mass is 10.0. The van der Waals surface area contributed by atoms with Crippen LogP contribution in [-0.2, 0) is 9.53 Å². The first-order chi connectivity index (χ1) is 5.49. The molecule has 1 saturated carbocycles. The Morgan fingerprint density at radius 3 is 2.58 bits per heavy atom. The lowest BCUT2D eigenvalue weighted by Crippen LogP contribution is -2.38. The van der Waals surface area contributed by atoms with Gasteiger partial charge < -0.3 is 20.7 Å². The number of nitrogens with two attached hydrogens (primary N) is 1. The average Bonchev–Trinajstić information content (AvgIpc) is 2.26. The summed E-state index contributed by atoms with van der Waals surface area (Å²) in [6, 6.07) is -0.547. The maximum absolute atomic E-state index is 11.0. The Hall–Kier alpha value is -0.650. The molecule has 3 atom stereocenters. The first kappa shape index (κ1) is 9.44. The smallest absolute Gasteiger partial charge is 0.338 e. The second-order valence-corrected chi connectivity index (χ2v) is 3.16. The number of carbonyl (C=O) groups is 1. The highest BCUT2D eigenvalue weighted by Crippen LogP contribution is 2.30. The molecule has 4 N–H and O–H groups in total. The Balaban J connectivity index is 2.69. The zero-order valence-electron chi connectivity index (χ0n) is 6.86. The van der Waals surface area contributed by atoms with Crippen LogP contribution in [0.3, 0.4) is 0 Å². The molecule has 70 valence electrons. The molecule has 0 aromatic carbocycles. The number of rotatable bonds is 1. The lowest BCUT2D eigenvalue weighted by molar-refractivity contribution is -0.162. The number of ether oxygens (including phenoxy) is 1. The molecule has 0 aromatic heterocycles. The molecule has 1 aliphatic rings. The van der Waals surface area contributed by atoms with Gasteiger partial charge >= 0.3 is 5.97 Å². The summed E-state index contributed by atoms with van der Waals surface area (Å²) in [4.78, 5) is 11.0. The highest BCUT2D eigenvalue weighted by Gasteiger charge is 2.48. The number of hydrogen-bond acceptors (Lipinski definition) is 5. The minimum Gasteiger partial charge on any atom is -0.467 e. The fraction of sp³-hybridized carbons (Fsp3) is 0.857. The van der Waals surface area contributed by atoms with Crippen LogP contribution in [0.15, 0.2) is 0 Å². The molecule has 1 fully saturated rings. The van der Waals surface area contributed by atoms with E-state index >= 15 is 0 Å². The van der Waals surface area contributed by atoms with Crippen LogP contribution in [0, 0.1) is 0 Å². The van der Waals surface area contributed by atoms with Gasteiger partial charge in [-0.1, -0.05) is 0 Å². The molecule has 5 heteroatoms. The van der Waals surface area contributed by atoms with Gasteiger partial charge in [0.15, 0.2) is 5.60 Å². The van der Waals surface area contributed by atoms with Crippen molar-refractivity contribution in [1.82, 2.24) is 0 Å². The van der Waals surface area contributed by atoms with Gasteiger partial charge in [0.05, 0.1) is 13.2 Å². The number of esters is 1. The van der Waals surface area contributed by atoms with E-state index in [-0.39, 0.29) is 12.8 Å². The van der Waals surface area contributed by atoms with E-state index in [0.29, 0.717) is 0 Å². The highest BCUT2D eigenvalue weighted by atomic mass is 16.5. The van der Waals surface area contributed by atoms with Gasteiger partial charge in [-0.3, -0.25) is 0 Å². The van der Waals surface area contributed by atoms with E-state index < -0.39 is 23.7 Å². The summed E-state index contributed by atoms with van der Waals surface area (Å²) < 4.78 is 4.38. The molecule has 12 heavy (non-hydrogen) atoms. The van der Waals surface area contributed by atoms with E-state index in [0.717, 1.165) is 0 Å². The second kappa shape index (κ2) is 3.01. The van der Waals surface area contributed by atoms with Crippen molar-refractivity contribution in [3.05, 3.63) is 0 Å². The van der Waals surface area contributed by atoms with Gasteiger partial charge in [0.25, 0.3) is 0 Å². The fourth-order valence-corrected chi connectivity index (χ4v) is 1.46. The zero-order valence-corrected chi connectivity index (χ0v) is 6.86. The van der Waals surface area contributed by atoms with Gasteiger partial charge in [-0.2, -0.15) is 0 Å². The Kier molecular flexibility index (Phi) is 2.36. The number of methoxy groups -OCH3 is 1. The number of hydrogen-bond donors (Lipinski definition) is 3. The minimum absolute atomic E-state index is 0.0408. The van der Waals surface area contributed by atoms with Crippen molar-refractivity contribution >= 4 is 5.97 Å². The molecule has 0 bridgehead atoms. The lowest BCUT2D eigenvalue weighted by Gasteiger charge is -2.18. The molecule has 0 aliphatic heterocycles. The first-order valence-electron chi connectivity index (χ1n) is 3.74. The Bertz CT molecular complexity index is 184. The van der Waals surface area contributed by atoms with Crippen molar-refractivity contribution in [1.29, 1.82) is 0 Å². The van der Waals surface area contributed by atoms with Crippen LogP contribution in [0.4, 0.5) is 0 Å². The fourth-order valence-electron chi connectivity index (χ4n) is 1.46. The molecular formula is C7H13NO4. The third kappa shape index (κ3) is 1.43. The summed E-state index contributed by atoms with van der Waals surface area (Å²) in [5.74, 6) is -0.727. The molecule has 0 radical (unpaired) electrons. The van der Waals surface area contributed by atoms with E-state index in [1.54, 1.807) is 0 Å². The molecule has 1 unspecified atom stereocenters. The van der Waals surface area contributed by atoms with Crippen LogP contribution in [0.5, 0.6) is 0 Å². The molecule has 0 spiro atoms. The molecule has 1 aliphatic carbocycles. The van der Waals surface area contributed by atoms with E-state index in [4.69, 9.17) is 5.73 Å². The van der Waals surface area contributed by atoms with Gasteiger partial charge in [0.1, 0.15) is 0 Å². The van der Waals surface area contributed by atoms with Crippen LogP contribution < -0.4 is 5.73 Å². The molecule has 0 amide bonds. The molecule has 0 aromatic rings. The zero-order chi connectivity index (χ0) is 9.35. The molecule has 5 nitrogen and oxygen atoms in total. The largest absolute Gasteiger partial charge is 0.467 e. The standard InChI is InChI=1S/C7H13NO4/c1-12-6(10)7(11)2-4(8)5(9)3-7/h4-5,9,11H,2-3,8H2,1H3/t4-,5?,7-/m1/s1. The van der Waals surface area contributed by atoms with Crippen LogP contribution in [0.1, 0.15) is 12.8 Å². The van der Waals surface area contributed by atoms with E-state index in [2.05, 4.69) is 4.74 Å². The molecule has 1 rings (SSSR count). The first-order valence-corrected chi connectivity index (χ1v) is 3.74. The van der Waals surface area contributed by atoms with Gasteiger partial charge in [0.2, 0.25) is 0 Å². The normalized spacial score (nSPS) is 41.3. The number of aliphatic hydroxyl groups excluding tert-OH is 1. The van der Waals surface area contributed by atoms with Crippen LogP contribution in [0.2, 0.25) is 0 Å². The van der Waals surface area contributed by atoms with Crippen molar-refractivity contribution in [2.24, 2.45) is 5.73 Å². The van der Waals surface area contributed by atoms with E-state index in [9.17, 15) is 15.0 Å². The van der Waals surface area contributed by atoms with E-state index in [1.807, 2.05) is 0 Å². The molecule has 0 saturated heterocycles. The monoisotopic (exact) mass is 175 g/mol. The summed E-state index contributed by atoms with van der Waals surface area (Å²) in [6.07, 6.45) is -0.809. The predicted octanol–water partition coefficient (Wildman–Crippen LogP) is -1.63. The summed E-state index contributed by atoms with van der Waals surface area (Å²) >= 11 is 0. The summed E-state index contributed by atoms with van der Waals surface area (Å²) in [5.41, 5.74) is 3.84. The SMILES string of the molecule is COC(=O)[C@]1(O)CC(O)[C@H](N)C1. The second-order valence-electron chi connectivity index (χ2n) is 3.16. The Morgan fingerprint density at radius 1 is 1.67 bits per heavy atom. The summed E-state index contributed by atoms with van der Waals surface area (Å²) in [5, 5.41) is 18.8.